The third-order valence-corrected chi connectivity index (χ3v) is 5.08. The Kier molecular flexibility index (Phi) is 4.89. The van der Waals surface area contributed by atoms with Crippen LogP contribution in [-0.2, 0) is 4.79 Å². The van der Waals surface area contributed by atoms with Crippen LogP contribution in [0.5, 0.6) is 0 Å². The van der Waals surface area contributed by atoms with Gasteiger partial charge in [0.25, 0.3) is 11.8 Å². The average molecular weight is 358 g/mol. The number of carbonyl (C=O) groups excluding carboxylic acids is 3. The van der Waals surface area contributed by atoms with Crippen molar-refractivity contribution < 1.29 is 14.4 Å². The van der Waals surface area contributed by atoms with Gasteiger partial charge in [0.05, 0.1) is 11.1 Å². The third-order valence-electron chi connectivity index (χ3n) is 4.01. The predicted octanol–water partition coefficient (Wildman–Crippen LogP) is 2.68. The second kappa shape index (κ2) is 7.10. The first-order valence-electron chi connectivity index (χ1n) is 8.09. The van der Waals surface area contributed by atoms with Crippen molar-refractivity contribution in [1.82, 2.24) is 15.1 Å². The number of carbonyl (C=O) groups is 3. The van der Waals surface area contributed by atoms with Crippen LogP contribution in [-0.4, -0.2) is 39.4 Å². The molecule has 1 N–H and O–H groups in total. The molecule has 0 unspecified atom stereocenters. The molecule has 0 saturated heterocycles. The lowest BCUT2D eigenvalue weighted by atomic mass is 10.1. The van der Waals surface area contributed by atoms with E-state index in [0.29, 0.717) is 16.3 Å². The number of hydrogen-bond donors (Lipinski definition) is 1. The molecule has 3 amide bonds. The molecule has 0 saturated carbocycles. The molecule has 1 aromatic carbocycles. The number of imide groups is 1. The Morgan fingerprint density at radius 2 is 1.84 bits per heavy atom. The normalized spacial score (nSPS) is 14.6. The number of benzene rings is 1. The van der Waals surface area contributed by atoms with Crippen LogP contribution in [0.25, 0.3) is 0 Å². The second-order valence-corrected chi connectivity index (χ2v) is 6.93. The standard InChI is InChI=1S/C17H18N4O3S/c1-3-6-10(2)14-19-20-17(25-14)18-13(22)9-21-15(23)11-7-4-5-8-12(11)16(21)24/h4-5,7-8,10H,3,6,9H2,1-2H3,(H,18,20,22)/t10-/m1/s1. The van der Waals surface area contributed by atoms with Crippen molar-refractivity contribution in [2.75, 3.05) is 11.9 Å². The number of aromatic nitrogens is 2. The van der Waals surface area contributed by atoms with Crippen molar-refractivity contribution in [3.63, 3.8) is 0 Å². The molecule has 1 aliphatic rings. The quantitative estimate of drug-likeness (QED) is 0.802. The molecule has 0 bridgehead atoms. The summed E-state index contributed by atoms with van der Waals surface area (Å²) in [6.07, 6.45) is 2.04. The zero-order chi connectivity index (χ0) is 18.0. The first-order chi connectivity index (χ1) is 12.0. The maximum atomic E-state index is 12.3. The van der Waals surface area contributed by atoms with Gasteiger partial charge in [0.15, 0.2) is 0 Å². The molecule has 7 nitrogen and oxygen atoms in total. The molecule has 0 aliphatic carbocycles. The van der Waals surface area contributed by atoms with Gasteiger partial charge in [0, 0.05) is 5.92 Å². The minimum Gasteiger partial charge on any atom is -0.299 e. The van der Waals surface area contributed by atoms with Gasteiger partial charge in [0.1, 0.15) is 11.6 Å². The summed E-state index contributed by atoms with van der Waals surface area (Å²) in [5.41, 5.74) is 0.652. The molecule has 1 atom stereocenters. The molecule has 130 valence electrons. The van der Waals surface area contributed by atoms with Gasteiger partial charge in [-0.15, -0.1) is 10.2 Å². The van der Waals surface area contributed by atoms with Gasteiger partial charge in [-0.25, -0.2) is 0 Å². The van der Waals surface area contributed by atoms with Crippen LogP contribution in [0.3, 0.4) is 0 Å². The van der Waals surface area contributed by atoms with E-state index in [0.717, 1.165) is 22.7 Å². The summed E-state index contributed by atoms with van der Waals surface area (Å²) in [4.78, 5) is 37.7. The van der Waals surface area contributed by atoms with Gasteiger partial charge < -0.3 is 0 Å². The van der Waals surface area contributed by atoms with Gasteiger partial charge in [-0.1, -0.05) is 43.7 Å². The largest absolute Gasteiger partial charge is 0.299 e. The van der Waals surface area contributed by atoms with Crippen LogP contribution in [0.1, 0.15) is 58.3 Å². The topological polar surface area (TPSA) is 92.3 Å². The van der Waals surface area contributed by atoms with E-state index in [1.165, 1.54) is 11.3 Å². The third kappa shape index (κ3) is 3.43. The smallest absolute Gasteiger partial charge is 0.262 e. The Bertz CT molecular complexity index is 798. The minimum atomic E-state index is -0.472. The highest BCUT2D eigenvalue weighted by molar-refractivity contribution is 7.15. The van der Waals surface area contributed by atoms with Crippen LogP contribution in [0.4, 0.5) is 5.13 Å². The molecular weight excluding hydrogens is 340 g/mol. The molecule has 1 aromatic heterocycles. The van der Waals surface area contributed by atoms with Crippen LogP contribution < -0.4 is 5.32 Å². The molecule has 2 aromatic rings. The lowest BCUT2D eigenvalue weighted by molar-refractivity contribution is -0.116. The first-order valence-corrected chi connectivity index (χ1v) is 8.91. The van der Waals surface area contributed by atoms with E-state index in [1.807, 2.05) is 0 Å². The number of fused-ring (bicyclic) bond motifs is 1. The summed E-state index contributed by atoms with van der Waals surface area (Å²) in [5, 5.41) is 11.9. The highest BCUT2D eigenvalue weighted by Crippen LogP contribution is 2.26. The van der Waals surface area contributed by atoms with Gasteiger partial charge in [0.2, 0.25) is 11.0 Å². The van der Waals surface area contributed by atoms with Gasteiger partial charge in [-0.3, -0.25) is 24.6 Å². The summed E-state index contributed by atoms with van der Waals surface area (Å²) < 4.78 is 0. The van der Waals surface area contributed by atoms with E-state index in [2.05, 4.69) is 29.4 Å². The van der Waals surface area contributed by atoms with E-state index in [9.17, 15) is 14.4 Å². The van der Waals surface area contributed by atoms with E-state index in [-0.39, 0.29) is 12.5 Å². The Morgan fingerprint density at radius 1 is 1.20 bits per heavy atom. The molecule has 1 aliphatic heterocycles. The maximum absolute atomic E-state index is 12.3. The first kappa shape index (κ1) is 17.2. The molecule has 8 heteroatoms. The second-order valence-electron chi connectivity index (χ2n) is 5.93. The van der Waals surface area contributed by atoms with Crippen LogP contribution in [0, 0.1) is 0 Å². The monoisotopic (exact) mass is 358 g/mol. The number of rotatable bonds is 6. The Balaban J connectivity index is 1.64. The number of nitrogens with one attached hydrogen (secondary N) is 1. The molecule has 0 spiro atoms. The van der Waals surface area contributed by atoms with Gasteiger partial charge >= 0.3 is 0 Å². The zero-order valence-corrected chi connectivity index (χ0v) is 14.8. The van der Waals surface area contributed by atoms with E-state index in [1.54, 1.807) is 24.3 Å². The fourth-order valence-electron chi connectivity index (χ4n) is 2.73. The van der Waals surface area contributed by atoms with Crippen molar-refractivity contribution in [1.29, 1.82) is 0 Å². The predicted molar refractivity (Wildman–Crippen MR) is 93.7 cm³/mol. The summed E-state index contributed by atoms with van der Waals surface area (Å²) in [7, 11) is 0. The molecule has 3 rings (SSSR count). The van der Waals surface area contributed by atoms with Gasteiger partial charge in [-0.2, -0.15) is 0 Å². The summed E-state index contributed by atoms with van der Waals surface area (Å²) in [5.74, 6) is -1.10. The SMILES string of the molecule is CCC[C@@H](C)c1nnc(NC(=O)CN2C(=O)c3ccccc3C2=O)s1. The minimum absolute atomic E-state index is 0.282. The molecule has 0 fully saturated rings. The van der Waals surface area contributed by atoms with Gasteiger partial charge in [-0.05, 0) is 18.6 Å². The van der Waals surface area contributed by atoms with E-state index < -0.39 is 17.7 Å². The number of nitrogens with zero attached hydrogens (tertiary/aromatic N) is 3. The maximum Gasteiger partial charge on any atom is 0.262 e. The lowest BCUT2D eigenvalue weighted by Crippen LogP contribution is -2.37. The zero-order valence-electron chi connectivity index (χ0n) is 14.0. The van der Waals surface area contributed by atoms with Crippen molar-refractivity contribution in [3.05, 3.63) is 40.4 Å². The van der Waals surface area contributed by atoms with E-state index in [4.69, 9.17) is 0 Å². The number of hydrogen-bond acceptors (Lipinski definition) is 6. The Morgan fingerprint density at radius 3 is 2.44 bits per heavy atom. The lowest BCUT2D eigenvalue weighted by Gasteiger charge is -2.12. The molecule has 0 radical (unpaired) electrons. The van der Waals surface area contributed by atoms with Crippen LogP contribution in [0.15, 0.2) is 24.3 Å². The summed E-state index contributed by atoms with van der Waals surface area (Å²) in [6, 6.07) is 6.54. The highest BCUT2D eigenvalue weighted by atomic mass is 32.1. The van der Waals surface area contributed by atoms with Crippen LogP contribution in [0.2, 0.25) is 0 Å². The highest BCUT2D eigenvalue weighted by Gasteiger charge is 2.36. The fraction of sp³-hybridized carbons (Fsp3) is 0.353. The van der Waals surface area contributed by atoms with Crippen molar-refractivity contribution in [3.8, 4) is 0 Å². The molecular formula is C17H18N4O3S. The van der Waals surface area contributed by atoms with Crippen molar-refractivity contribution >= 4 is 34.2 Å². The Labute approximate surface area is 149 Å². The van der Waals surface area contributed by atoms with Crippen molar-refractivity contribution in [2.45, 2.75) is 32.6 Å². The average Bonchev–Trinajstić information content (AvgIpc) is 3.15. The van der Waals surface area contributed by atoms with Crippen molar-refractivity contribution in [2.24, 2.45) is 0 Å². The number of anilines is 1. The Hall–Kier alpha value is -2.61. The van der Waals surface area contributed by atoms with Crippen LogP contribution >= 0.6 is 11.3 Å². The molecule has 25 heavy (non-hydrogen) atoms. The summed E-state index contributed by atoms with van der Waals surface area (Å²) in [6.45, 7) is 3.82. The fourth-order valence-corrected chi connectivity index (χ4v) is 3.57. The summed E-state index contributed by atoms with van der Waals surface area (Å²) >= 11 is 1.31. The number of amides is 3. The van der Waals surface area contributed by atoms with E-state index >= 15 is 0 Å². The molecule has 2 heterocycles.